The summed E-state index contributed by atoms with van der Waals surface area (Å²) >= 11 is 5.97. The number of nitrogens with two attached hydrogens (primary N) is 1. The van der Waals surface area contributed by atoms with Crippen LogP contribution in [0.2, 0.25) is 5.02 Å². The summed E-state index contributed by atoms with van der Waals surface area (Å²) in [6.07, 6.45) is 0. The zero-order valence-electron chi connectivity index (χ0n) is 12.2. The fourth-order valence-corrected chi connectivity index (χ4v) is 2.47. The lowest BCUT2D eigenvalue weighted by atomic mass is 10.0. The number of benzene rings is 2. The van der Waals surface area contributed by atoms with Crippen molar-refractivity contribution in [2.45, 2.75) is 6.92 Å². The van der Waals surface area contributed by atoms with Gasteiger partial charge in [-0.2, -0.15) is 0 Å². The average Bonchev–Trinajstić information content (AvgIpc) is 2.47. The Morgan fingerprint density at radius 2 is 1.91 bits per heavy atom. The highest BCUT2D eigenvalue weighted by Gasteiger charge is 2.14. The van der Waals surface area contributed by atoms with E-state index < -0.39 is 5.82 Å². The van der Waals surface area contributed by atoms with Gasteiger partial charge in [0, 0.05) is 16.0 Å². The first kappa shape index (κ1) is 15.2. The van der Waals surface area contributed by atoms with Crippen LogP contribution >= 0.6 is 11.6 Å². The van der Waals surface area contributed by atoms with E-state index in [0.29, 0.717) is 11.1 Å². The molecule has 23 heavy (non-hydrogen) atoms. The fraction of sp³-hybridized carbons (Fsp3) is 0.0625. The van der Waals surface area contributed by atoms with Crippen molar-refractivity contribution < 1.29 is 4.39 Å². The van der Waals surface area contributed by atoms with Crippen molar-refractivity contribution >= 4 is 34.4 Å². The fourth-order valence-electron chi connectivity index (χ4n) is 2.26. The molecule has 2 aromatic carbocycles. The number of rotatable bonds is 2. The van der Waals surface area contributed by atoms with Gasteiger partial charge in [0.2, 0.25) is 5.95 Å². The third-order valence-corrected chi connectivity index (χ3v) is 3.51. The van der Waals surface area contributed by atoms with E-state index in [4.69, 9.17) is 22.7 Å². The Morgan fingerprint density at radius 1 is 1.22 bits per heavy atom. The molecular formula is C16H13ClFN5. The van der Waals surface area contributed by atoms with E-state index in [-0.39, 0.29) is 22.4 Å². The van der Waals surface area contributed by atoms with E-state index in [1.807, 2.05) is 31.2 Å². The lowest BCUT2D eigenvalue weighted by Crippen LogP contribution is -2.22. The molecule has 0 atom stereocenters. The molecule has 0 aliphatic carbocycles. The number of nitrogens with zero attached hydrogens (tertiary/aromatic N) is 2. The van der Waals surface area contributed by atoms with Gasteiger partial charge in [0.25, 0.3) is 0 Å². The molecular weight excluding hydrogens is 317 g/mol. The second-order valence-corrected chi connectivity index (χ2v) is 5.52. The minimum Gasteiger partial charge on any atom is -0.370 e. The quantitative estimate of drug-likeness (QED) is 0.494. The molecule has 0 aliphatic heterocycles. The highest BCUT2D eigenvalue weighted by molar-refractivity contribution is 6.31. The van der Waals surface area contributed by atoms with Crippen LogP contribution in [0.4, 0.5) is 10.3 Å². The van der Waals surface area contributed by atoms with Crippen molar-refractivity contribution in [3.63, 3.8) is 0 Å². The number of hydrogen-bond acceptors (Lipinski definition) is 3. The maximum atomic E-state index is 14.2. The molecule has 116 valence electrons. The van der Waals surface area contributed by atoms with Gasteiger partial charge in [-0.1, -0.05) is 41.4 Å². The molecule has 5 nitrogen and oxygen atoms in total. The lowest BCUT2D eigenvalue weighted by Gasteiger charge is -2.11. The molecule has 0 saturated carbocycles. The van der Waals surface area contributed by atoms with Crippen LogP contribution in [-0.4, -0.2) is 15.9 Å². The molecule has 3 rings (SSSR count). The summed E-state index contributed by atoms with van der Waals surface area (Å²) in [6, 6.07) is 10.4. The van der Waals surface area contributed by atoms with E-state index in [1.54, 1.807) is 6.07 Å². The minimum atomic E-state index is -0.560. The Bertz CT molecular complexity index is 908. The standard InChI is InChI=1S/C16H13ClFN5/c1-8-2-4-9(5-3-8)13-11-6-10(17)7-12(18)14(11)22-16(21-13)23-15(19)20/h2-7H,1H3,(H4,19,20,21,22,23). The van der Waals surface area contributed by atoms with Gasteiger partial charge in [-0.25, -0.2) is 14.4 Å². The SMILES string of the molecule is Cc1ccc(-c2nc(NC(=N)N)nc3c(F)cc(Cl)cc23)cc1. The largest absolute Gasteiger partial charge is 0.370 e. The smallest absolute Gasteiger partial charge is 0.230 e. The maximum absolute atomic E-state index is 14.2. The molecule has 0 radical (unpaired) electrons. The number of aryl methyl sites for hydroxylation is 1. The van der Waals surface area contributed by atoms with Crippen LogP contribution in [0.1, 0.15) is 5.56 Å². The molecule has 3 aromatic rings. The Kier molecular flexibility index (Phi) is 3.83. The number of fused-ring (bicyclic) bond motifs is 1. The van der Waals surface area contributed by atoms with Crippen molar-refractivity contribution in [1.29, 1.82) is 5.41 Å². The summed E-state index contributed by atoms with van der Waals surface area (Å²) in [5.41, 5.74) is 7.83. The maximum Gasteiger partial charge on any atom is 0.230 e. The molecule has 0 amide bonds. The first-order valence-corrected chi connectivity index (χ1v) is 7.17. The molecule has 1 heterocycles. The molecule has 0 fully saturated rings. The van der Waals surface area contributed by atoms with E-state index in [9.17, 15) is 4.39 Å². The number of halogens is 2. The average molecular weight is 330 g/mol. The molecule has 0 spiro atoms. The summed E-state index contributed by atoms with van der Waals surface area (Å²) in [5, 5.41) is 10.6. The number of aromatic nitrogens is 2. The van der Waals surface area contributed by atoms with E-state index in [1.165, 1.54) is 6.07 Å². The predicted molar refractivity (Wildman–Crippen MR) is 90.2 cm³/mol. The van der Waals surface area contributed by atoms with Crippen LogP contribution < -0.4 is 11.1 Å². The minimum absolute atomic E-state index is 0.0572. The molecule has 0 aliphatic rings. The molecule has 0 saturated heterocycles. The Labute approximate surface area is 136 Å². The van der Waals surface area contributed by atoms with Gasteiger partial charge in [0.15, 0.2) is 11.8 Å². The van der Waals surface area contributed by atoms with Gasteiger partial charge < -0.3 is 5.73 Å². The zero-order valence-corrected chi connectivity index (χ0v) is 12.9. The van der Waals surface area contributed by atoms with Crippen LogP contribution in [0.3, 0.4) is 0 Å². The third-order valence-electron chi connectivity index (χ3n) is 3.29. The van der Waals surface area contributed by atoms with Crippen molar-refractivity contribution in [2.75, 3.05) is 5.32 Å². The van der Waals surface area contributed by atoms with Crippen molar-refractivity contribution in [3.8, 4) is 11.3 Å². The van der Waals surface area contributed by atoms with Crippen LogP contribution in [0.15, 0.2) is 36.4 Å². The van der Waals surface area contributed by atoms with Gasteiger partial charge in [-0.15, -0.1) is 0 Å². The molecule has 0 unspecified atom stereocenters. The highest BCUT2D eigenvalue weighted by atomic mass is 35.5. The number of anilines is 1. The second-order valence-electron chi connectivity index (χ2n) is 5.08. The zero-order chi connectivity index (χ0) is 16.6. The molecule has 4 N–H and O–H groups in total. The van der Waals surface area contributed by atoms with Gasteiger partial charge in [-0.05, 0) is 19.1 Å². The first-order chi connectivity index (χ1) is 10.9. The van der Waals surface area contributed by atoms with Crippen molar-refractivity contribution in [1.82, 2.24) is 9.97 Å². The normalized spacial score (nSPS) is 10.7. The summed E-state index contributed by atoms with van der Waals surface area (Å²) in [5.74, 6) is -0.828. The number of guanidine groups is 1. The molecule has 0 bridgehead atoms. The van der Waals surface area contributed by atoms with E-state index in [0.717, 1.165) is 11.1 Å². The Hall–Kier alpha value is -2.73. The van der Waals surface area contributed by atoms with Gasteiger partial charge in [-0.3, -0.25) is 10.7 Å². The first-order valence-electron chi connectivity index (χ1n) is 6.79. The van der Waals surface area contributed by atoms with E-state index in [2.05, 4.69) is 15.3 Å². The second kappa shape index (κ2) is 5.81. The molecule has 7 heteroatoms. The molecule has 1 aromatic heterocycles. The van der Waals surface area contributed by atoms with Crippen LogP contribution in [0, 0.1) is 18.2 Å². The van der Waals surface area contributed by atoms with Crippen molar-refractivity contribution in [2.24, 2.45) is 5.73 Å². The topological polar surface area (TPSA) is 87.7 Å². The highest BCUT2D eigenvalue weighted by Crippen LogP contribution is 2.31. The van der Waals surface area contributed by atoms with Crippen LogP contribution in [0.5, 0.6) is 0 Å². The van der Waals surface area contributed by atoms with Crippen LogP contribution in [-0.2, 0) is 0 Å². The predicted octanol–water partition coefficient (Wildman–Crippen LogP) is 3.70. The van der Waals surface area contributed by atoms with Gasteiger partial charge in [0.1, 0.15) is 5.52 Å². The summed E-state index contributed by atoms with van der Waals surface area (Å²) < 4.78 is 14.2. The summed E-state index contributed by atoms with van der Waals surface area (Å²) in [6.45, 7) is 1.97. The lowest BCUT2D eigenvalue weighted by molar-refractivity contribution is 0.637. The number of hydrogen-bond donors (Lipinski definition) is 3. The summed E-state index contributed by atoms with van der Waals surface area (Å²) in [4.78, 5) is 8.44. The van der Waals surface area contributed by atoms with Gasteiger partial charge >= 0.3 is 0 Å². The van der Waals surface area contributed by atoms with E-state index >= 15 is 0 Å². The monoisotopic (exact) mass is 329 g/mol. The van der Waals surface area contributed by atoms with Crippen molar-refractivity contribution in [3.05, 3.63) is 52.8 Å². The van der Waals surface area contributed by atoms with Gasteiger partial charge in [0.05, 0.1) is 5.69 Å². The Morgan fingerprint density at radius 3 is 2.57 bits per heavy atom. The third kappa shape index (κ3) is 3.07. The van der Waals surface area contributed by atoms with Crippen LogP contribution in [0.25, 0.3) is 22.2 Å². The Balaban J connectivity index is 2.32. The summed E-state index contributed by atoms with van der Waals surface area (Å²) in [7, 11) is 0. The number of nitrogens with one attached hydrogen (secondary N) is 2.